The number of nitrogens with one attached hydrogen (secondary N) is 1. The van der Waals surface area contributed by atoms with Gasteiger partial charge in [0.1, 0.15) is 5.75 Å². The van der Waals surface area contributed by atoms with Gasteiger partial charge in [-0.1, -0.05) is 12.1 Å². The highest BCUT2D eigenvalue weighted by Crippen LogP contribution is 2.17. The van der Waals surface area contributed by atoms with E-state index in [1.54, 1.807) is 7.11 Å². The van der Waals surface area contributed by atoms with Crippen molar-refractivity contribution < 1.29 is 17.9 Å². The van der Waals surface area contributed by atoms with Crippen molar-refractivity contribution in [3.8, 4) is 5.75 Å². The lowest BCUT2D eigenvalue weighted by Gasteiger charge is -2.10. The van der Waals surface area contributed by atoms with Gasteiger partial charge in [0.2, 0.25) is 5.91 Å². The Kier molecular flexibility index (Phi) is 5.22. The van der Waals surface area contributed by atoms with E-state index in [1.165, 1.54) is 0 Å². The Labute approximate surface area is 125 Å². The van der Waals surface area contributed by atoms with Gasteiger partial charge in [-0.25, -0.2) is 8.42 Å². The highest BCUT2D eigenvalue weighted by atomic mass is 32.2. The first-order valence-electron chi connectivity index (χ1n) is 7.08. The molecule has 6 heteroatoms. The molecule has 5 nitrogen and oxygen atoms in total. The van der Waals surface area contributed by atoms with Gasteiger partial charge in [0, 0.05) is 13.0 Å². The molecule has 0 aromatic heterocycles. The van der Waals surface area contributed by atoms with Crippen molar-refractivity contribution in [3.63, 3.8) is 0 Å². The van der Waals surface area contributed by atoms with Crippen LogP contribution in [0.4, 0.5) is 0 Å². The topological polar surface area (TPSA) is 72.5 Å². The molecule has 1 amide bonds. The molecule has 1 aromatic carbocycles. The molecular formula is C15H21NO4S. The third kappa shape index (κ3) is 5.04. The fraction of sp³-hybridized carbons (Fsp3) is 0.533. The molecule has 1 atom stereocenters. The lowest BCUT2D eigenvalue weighted by atomic mass is 10.1. The quantitative estimate of drug-likeness (QED) is 0.856. The van der Waals surface area contributed by atoms with E-state index in [9.17, 15) is 13.2 Å². The number of rotatable bonds is 6. The lowest BCUT2D eigenvalue weighted by Crippen LogP contribution is -2.29. The first-order valence-corrected chi connectivity index (χ1v) is 8.91. The van der Waals surface area contributed by atoms with Crippen LogP contribution >= 0.6 is 0 Å². The predicted octanol–water partition coefficient (Wildman–Crippen LogP) is 1.18. The monoisotopic (exact) mass is 311 g/mol. The van der Waals surface area contributed by atoms with Crippen molar-refractivity contribution in [1.29, 1.82) is 0 Å². The molecular weight excluding hydrogens is 290 g/mol. The van der Waals surface area contributed by atoms with Crippen molar-refractivity contribution in [2.24, 2.45) is 5.92 Å². The van der Waals surface area contributed by atoms with Gasteiger partial charge < -0.3 is 10.1 Å². The SMILES string of the molecule is COc1cccc(CCC(=O)NCC2CCS(=O)(=O)C2)c1. The van der Waals surface area contributed by atoms with Gasteiger partial charge in [-0.3, -0.25) is 4.79 Å². The maximum Gasteiger partial charge on any atom is 0.220 e. The Balaban J connectivity index is 1.72. The second-order valence-electron chi connectivity index (χ2n) is 5.42. The zero-order valence-electron chi connectivity index (χ0n) is 12.2. The van der Waals surface area contributed by atoms with Crippen LogP contribution in [0, 0.1) is 5.92 Å². The maximum absolute atomic E-state index is 11.8. The number of amides is 1. The Morgan fingerprint density at radius 3 is 2.90 bits per heavy atom. The minimum atomic E-state index is -2.87. The number of carbonyl (C=O) groups excluding carboxylic acids is 1. The largest absolute Gasteiger partial charge is 0.497 e. The standard InChI is InChI=1S/C15H21NO4S/c1-20-14-4-2-3-12(9-14)5-6-15(17)16-10-13-7-8-21(18,19)11-13/h2-4,9,13H,5-8,10-11H2,1H3,(H,16,17). The fourth-order valence-electron chi connectivity index (χ4n) is 2.47. The van der Waals surface area contributed by atoms with Crippen molar-refractivity contribution in [2.45, 2.75) is 19.3 Å². The summed E-state index contributed by atoms with van der Waals surface area (Å²) in [5.74, 6) is 1.25. The van der Waals surface area contributed by atoms with Crippen molar-refractivity contribution >= 4 is 15.7 Å². The molecule has 0 radical (unpaired) electrons. The van der Waals surface area contributed by atoms with Crippen LogP contribution < -0.4 is 10.1 Å². The second-order valence-corrected chi connectivity index (χ2v) is 7.65. The summed E-state index contributed by atoms with van der Waals surface area (Å²) in [6.45, 7) is 0.455. The minimum Gasteiger partial charge on any atom is -0.497 e. The average Bonchev–Trinajstić information content (AvgIpc) is 2.82. The lowest BCUT2D eigenvalue weighted by molar-refractivity contribution is -0.121. The number of hydrogen-bond acceptors (Lipinski definition) is 4. The van der Waals surface area contributed by atoms with Gasteiger partial charge in [0.15, 0.2) is 9.84 Å². The van der Waals surface area contributed by atoms with Crippen molar-refractivity contribution in [2.75, 3.05) is 25.2 Å². The van der Waals surface area contributed by atoms with Crippen LogP contribution in [0.3, 0.4) is 0 Å². The Morgan fingerprint density at radius 2 is 2.24 bits per heavy atom. The molecule has 1 heterocycles. The summed E-state index contributed by atoms with van der Waals surface area (Å²) in [6.07, 6.45) is 1.69. The maximum atomic E-state index is 11.8. The first kappa shape index (κ1) is 15.8. The van der Waals surface area contributed by atoms with E-state index in [1.807, 2.05) is 24.3 Å². The minimum absolute atomic E-state index is 0.0397. The Morgan fingerprint density at radius 1 is 1.43 bits per heavy atom. The van der Waals surface area contributed by atoms with Gasteiger partial charge in [0.05, 0.1) is 18.6 Å². The molecule has 1 aliphatic heterocycles. The van der Waals surface area contributed by atoms with E-state index in [4.69, 9.17) is 4.74 Å². The van der Waals surface area contributed by atoms with Crippen LogP contribution in [-0.2, 0) is 21.1 Å². The highest BCUT2D eigenvalue weighted by Gasteiger charge is 2.27. The summed E-state index contributed by atoms with van der Waals surface area (Å²) in [4.78, 5) is 11.8. The molecule has 21 heavy (non-hydrogen) atoms. The summed E-state index contributed by atoms with van der Waals surface area (Å²) >= 11 is 0. The summed E-state index contributed by atoms with van der Waals surface area (Å²) < 4.78 is 27.8. The van der Waals surface area contributed by atoms with Crippen LogP contribution in [0.15, 0.2) is 24.3 Å². The molecule has 1 unspecified atom stereocenters. The highest BCUT2D eigenvalue weighted by molar-refractivity contribution is 7.91. The molecule has 1 N–H and O–H groups in total. The van der Waals surface area contributed by atoms with E-state index < -0.39 is 9.84 Å². The van der Waals surface area contributed by atoms with Gasteiger partial charge in [0.25, 0.3) is 0 Å². The third-order valence-electron chi connectivity index (χ3n) is 3.69. The van der Waals surface area contributed by atoms with Crippen molar-refractivity contribution in [1.82, 2.24) is 5.32 Å². The number of carbonyl (C=O) groups is 1. The molecule has 116 valence electrons. The van der Waals surface area contributed by atoms with E-state index in [2.05, 4.69) is 5.32 Å². The summed E-state index contributed by atoms with van der Waals surface area (Å²) in [5.41, 5.74) is 1.05. The number of ether oxygens (including phenoxy) is 1. The molecule has 1 aromatic rings. The Hall–Kier alpha value is -1.56. The smallest absolute Gasteiger partial charge is 0.220 e. The number of benzene rings is 1. The average molecular weight is 311 g/mol. The summed E-state index contributed by atoms with van der Waals surface area (Å²) in [6, 6.07) is 7.63. The zero-order chi connectivity index (χ0) is 15.3. The molecule has 1 fully saturated rings. The van der Waals surface area contributed by atoms with Crippen LogP contribution in [0.25, 0.3) is 0 Å². The second kappa shape index (κ2) is 6.93. The molecule has 1 aliphatic rings. The van der Waals surface area contributed by atoms with Gasteiger partial charge in [-0.15, -0.1) is 0 Å². The number of sulfone groups is 1. The normalized spacial score (nSPS) is 20.1. The van der Waals surface area contributed by atoms with E-state index in [0.717, 1.165) is 11.3 Å². The van der Waals surface area contributed by atoms with E-state index in [-0.39, 0.29) is 23.3 Å². The molecule has 0 aliphatic carbocycles. The van der Waals surface area contributed by atoms with Gasteiger partial charge in [-0.2, -0.15) is 0 Å². The van der Waals surface area contributed by atoms with E-state index in [0.29, 0.717) is 25.8 Å². The van der Waals surface area contributed by atoms with Crippen LogP contribution in [-0.4, -0.2) is 39.5 Å². The first-order chi connectivity index (χ1) is 9.98. The van der Waals surface area contributed by atoms with Gasteiger partial charge in [-0.05, 0) is 36.5 Å². The number of hydrogen-bond donors (Lipinski definition) is 1. The predicted molar refractivity (Wildman–Crippen MR) is 81.1 cm³/mol. The van der Waals surface area contributed by atoms with E-state index >= 15 is 0 Å². The van der Waals surface area contributed by atoms with Crippen LogP contribution in [0.5, 0.6) is 5.75 Å². The molecule has 0 bridgehead atoms. The Bertz CT molecular complexity index is 597. The number of aryl methyl sites for hydroxylation is 1. The summed E-state index contributed by atoms with van der Waals surface area (Å²) in [5, 5.41) is 2.83. The van der Waals surface area contributed by atoms with Gasteiger partial charge >= 0.3 is 0 Å². The van der Waals surface area contributed by atoms with Crippen molar-refractivity contribution in [3.05, 3.63) is 29.8 Å². The zero-order valence-corrected chi connectivity index (χ0v) is 13.0. The fourth-order valence-corrected chi connectivity index (χ4v) is 4.33. The number of methoxy groups -OCH3 is 1. The van der Waals surface area contributed by atoms with Crippen LogP contribution in [0.1, 0.15) is 18.4 Å². The third-order valence-corrected chi connectivity index (χ3v) is 5.53. The van der Waals surface area contributed by atoms with Crippen LogP contribution in [0.2, 0.25) is 0 Å². The summed E-state index contributed by atoms with van der Waals surface area (Å²) in [7, 11) is -1.26. The molecule has 0 spiro atoms. The molecule has 2 rings (SSSR count). The molecule has 0 saturated carbocycles. The molecule has 1 saturated heterocycles.